The van der Waals surface area contributed by atoms with Gasteiger partial charge in [0.2, 0.25) is 0 Å². The molecule has 0 aromatic heterocycles. The summed E-state index contributed by atoms with van der Waals surface area (Å²) < 4.78 is 30.2. The Morgan fingerprint density at radius 1 is 1.07 bits per heavy atom. The summed E-state index contributed by atoms with van der Waals surface area (Å²) in [6.45, 7) is 0. The van der Waals surface area contributed by atoms with Gasteiger partial charge in [-0.05, 0) is 12.1 Å². The zero-order valence-electron chi connectivity index (χ0n) is 7.92. The maximum atomic E-state index is 8.83. The van der Waals surface area contributed by atoms with Crippen molar-refractivity contribution in [3.8, 4) is 0 Å². The molecule has 1 rings (SSSR count). The van der Waals surface area contributed by atoms with Crippen LogP contribution in [0.15, 0.2) is 35.2 Å². The molecule has 4 nitrogen and oxygen atoms in total. The second kappa shape index (κ2) is 6.23. The summed E-state index contributed by atoms with van der Waals surface area (Å²) in [4.78, 5) is 1.44. The van der Waals surface area contributed by atoms with E-state index in [1.165, 1.54) is 4.90 Å². The van der Waals surface area contributed by atoms with Gasteiger partial charge in [-0.25, -0.2) is 0 Å². The minimum atomic E-state index is -4.19. The van der Waals surface area contributed by atoms with Crippen LogP contribution >= 0.6 is 0 Å². The first-order valence-electron chi connectivity index (χ1n) is 3.59. The second-order valence-corrected chi connectivity index (χ2v) is 5.54. The van der Waals surface area contributed by atoms with Crippen LogP contribution in [0.3, 0.4) is 0 Å². The third-order valence-corrected chi connectivity index (χ3v) is 2.43. The van der Waals surface area contributed by atoms with Crippen molar-refractivity contribution in [2.24, 2.45) is 0 Å². The average molecular weight is 242 g/mol. The Bertz CT molecular complexity index is 241. The van der Waals surface area contributed by atoms with E-state index in [0.717, 1.165) is 0 Å². The van der Waals surface area contributed by atoms with Crippen molar-refractivity contribution >= 4 is 10.9 Å². The van der Waals surface area contributed by atoms with E-state index < -0.39 is 10.2 Å². The van der Waals surface area contributed by atoms with E-state index in [-0.39, 0.29) is 0 Å². The summed E-state index contributed by atoms with van der Waals surface area (Å²) >= 11 is 0. The Hall–Kier alpha value is -0.300. The monoisotopic (exact) mass is 241 g/mol. The standard InChI is InChI=1S/C8H11S.ClH3O4/c1-9(2)8-6-4-3-5-7-8;2-1(3,4)5/h3-7H,1-2H3;2-4H/q+1;. The van der Waals surface area contributed by atoms with Gasteiger partial charge in [0, 0.05) is 10.9 Å². The summed E-state index contributed by atoms with van der Waals surface area (Å²) in [5.41, 5.74) is 0. The second-order valence-electron chi connectivity index (χ2n) is 2.56. The molecule has 1 aromatic carbocycles. The van der Waals surface area contributed by atoms with Crippen LogP contribution in [0.1, 0.15) is 0 Å². The first-order valence-corrected chi connectivity index (χ1v) is 6.96. The Labute approximate surface area is 87.9 Å². The molecule has 0 aliphatic heterocycles. The van der Waals surface area contributed by atoms with E-state index in [0.29, 0.717) is 10.9 Å². The summed E-state index contributed by atoms with van der Waals surface area (Å²) in [6.07, 6.45) is 4.46. The fourth-order valence-electron chi connectivity index (χ4n) is 0.693. The summed E-state index contributed by atoms with van der Waals surface area (Å²) in [5, 5.41) is 0. The molecular weight excluding hydrogens is 228 g/mol. The van der Waals surface area contributed by atoms with Crippen molar-refractivity contribution in [2.75, 3.05) is 12.5 Å². The molecular formula is C8H14ClO4S+. The quantitative estimate of drug-likeness (QED) is 0.555. The normalized spacial score (nSPS) is 11.9. The molecule has 1 aromatic rings. The third-order valence-electron chi connectivity index (χ3n) is 1.21. The topological polar surface area (TPSA) is 83.8 Å². The molecule has 0 aliphatic rings. The van der Waals surface area contributed by atoms with Gasteiger partial charge in [0.25, 0.3) is 0 Å². The van der Waals surface area contributed by atoms with Gasteiger partial charge >= 0.3 is 28.9 Å². The van der Waals surface area contributed by atoms with Gasteiger partial charge in [-0.15, -0.1) is 0 Å². The van der Waals surface area contributed by atoms with Crippen LogP contribution < -0.4 is 4.66 Å². The first kappa shape index (κ1) is 13.7. The Morgan fingerprint density at radius 3 is 1.64 bits per heavy atom. The van der Waals surface area contributed by atoms with E-state index in [9.17, 15) is 0 Å². The van der Waals surface area contributed by atoms with Gasteiger partial charge in [0.15, 0.2) is 4.90 Å². The molecule has 3 N–H and O–H groups in total. The fraction of sp³-hybridized carbons (Fsp3) is 0.250. The average Bonchev–Trinajstić information content (AvgIpc) is 2.03. The molecule has 0 atom stereocenters. The maximum absolute atomic E-state index is 8.83. The summed E-state index contributed by atoms with van der Waals surface area (Å²) in [7, 11) is -3.77. The molecule has 0 unspecified atom stereocenters. The van der Waals surface area contributed by atoms with Crippen LogP contribution in [-0.4, -0.2) is 26.5 Å². The van der Waals surface area contributed by atoms with Crippen molar-refractivity contribution in [2.45, 2.75) is 4.90 Å². The predicted molar refractivity (Wildman–Crippen MR) is 50.6 cm³/mol. The first-order chi connectivity index (χ1) is 6.30. The van der Waals surface area contributed by atoms with Gasteiger partial charge < -0.3 is 0 Å². The number of halogens is 1. The molecule has 0 saturated carbocycles. The van der Waals surface area contributed by atoms with E-state index in [4.69, 9.17) is 18.6 Å². The van der Waals surface area contributed by atoms with Crippen LogP contribution in [0.4, 0.5) is 0 Å². The molecule has 0 aliphatic carbocycles. The van der Waals surface area contributed by atoms with E-state index in [2.05, 4.69) is 42.8 Å². The molecule has 0 saturated heterocycles. The van der Waals surface area contributed by atoms with Gasteiger partial charge in [0.05, 0.1) is 0 Å². The van der Waals surface area contributed by atoms with Crippen LogP contribution in [0.5, 0.6) is 0 Å². The van der Waals surface area contributed by atoms with Crippen molar-refractivity contribution < 1.29 is 28.9 Å². The molecule has 6 heteroatoms. The van der Waals surface area contributed by atoms with Gasteiger partial charge in [-0.1, -0.05) is 18.2 Å². The van der Waals surface area contributed by atoms with E-state index in [1.54, 1.807) is 0 Å². The van der Waals surface area contributed by atoms with Crippen LogP contribution in [0.25, 0.3) is 0 Å². The fourth-order valence-corrected chi connectivity index (χ4v) is 1.39. The zero-order valence-corrected chi connectivity index (χ0v) is 9.50. The Morgan fingerprint density at radius 2 is 1.43 bits per heavy atom. The Balaban J connectivity index is 0.000000292. The van der Waals surface area contributed by atoms with Crippen molar-refractivity contribution in [1.82, 2.24) is 0 Å². The summed E-state index contributed by atoms with van der Waals surface area (Å²) in [5.74, 6) is 0. The van der Waals surface area contributed by atoms with Crippen molar-refractivity contribution in [3.05, 3.63) is 30.3 Å². The molecule has 0 fully saturated rings. The number of benzene rings is 1. The molecule has 0 radical (unpaired) electrons. The third kappa shape index (κ3) is 9.79. The van der Waals surface area contributed by atoms with Crippen LogP contribution in [0, 0.1) is 10.2 Å². The summed E-state index contributed by atoms with van der Waals surface area (Å²) in [6, 6.07) is 10.6. The Kier molecular flexibility index (Phi) is 6.10. The molecule has 0 heterocycles. The molecule has 82 valence electrons. The molecule has 14 heavy (non-hydrogen) atoms. The zero-order chi connectivity index (χ0) is 11.2. The molecule has 0 amide bonds. The van der Waals surface area contributed by atoms with E-state index >= 15 is 0 Å². The minimum absolute atomic E-state index is 0.421. The van der Waals surface area contributed by atoms with Gasteiger partial charge in [0.1, 0.15) is 12.5 Å². The molecule has 0 bridgehead atoms. The SMILES string of the molecule is C[S+](C)c1ccccc1.[O-][Cl+](O)(O)O. The van der Waals surface area contributed by atoms with Crippen molar-refractivity contribution in [3.63, 3.8) is 0 Å². The predicted octanol–water partition coefficient (Wildman–Crippen LogP) is -0.937. The van der Waals surface area contributed by atoms with Gasteiger partial charge in [-0.2, -0.15) is 0 Å². The number of hydrogen-bond acceptors (Lipinski definition) is 4. The van der Waals surface area contributed by atoms with Crippen LogP contribution in [-0.2, 0) is 10.9 Å². The number of rotatable bonds is 1. The van der Waals surface area contributed by atoms with Crippen molar-refractivity contribution in [1.29, 1.82) is 0 Å². The van der Waals surface area contributed by atoms with Gasteiger partial charge in [-0.3, -0.25) is 0 Å². The van der Waals surface area contributed by atoms with Crippen LogP contribution in [0.2, 0.25) is 0 Å². The van der Waals surface area contributed by atoms with E-state index in [1.807, 2.05) is 0 Å². The molecule has 0 spiro atoms. The number of hydrogen-bond donors (Lipinski definition) is 3.